The van der Waals surface area contributed by atoms with E-state index < -0.39 is 0 Å². The van der Waals surface area contributed by atoms with Crippen molar-refractivity contribution in [3.63, 3.8) is 0 Å². The first-order valence-electron chi connectivity index (χ1n) is 7.46. The van der Waals surface area contributed by atoms with Crippen molar-refractivity contribution in [2.75, 3.05) is 6.26 Å². The highest BCUT2D eigenvalue weighted by molar-refractivity contribution is 7.99. The van der Waals surface area contributed by atoms with Crippen LogP contribution in [-0.2, 0) is 4.79 Å². The maximum atomic E-state index is 11.8. The molecule has 0 N–H and O–H groups in total. The molecule has 5 unspecified atom stereocenters. The average molecular weight is 266 g/mol. The largest absolute Gasteiger partial charge is 0.300 e. The summed E-state index contributed by atoms with van der Waals surface area (Å²) in [6.45, 7) is 7.43. The second kappa shape index (κ2) is 4.01. The molecule has 2 heteroatoms. The van der Waals surface area contributed by atoms with Crippen molar-refractivity contribution < 1.29 is 4.79 Å². The van der Waals surface area contributed by atoms with E-state index in [0.717, 1.165) is 30.6 Å². The molecule has 0 amide bonds. The van der Waals surface area contributed by atoms with Gasteiger partial charge >= 0.3 is 0 Å². The van der Waals surface area contributed by atoms with Gasteiger partial charge in [0.25, 0.3) is 0 Å². The van der Waals surface area contributed by atoms with Crippen molar-refractivity contribution in [3.05, 3.63) is 0 Å². The van der Waals surface area contributed by atoms with E-state index in [4.69, 9.17) is 0 Å². The number of carbonyl (C=O) groups excluding carboxylic acids is 1. The van der Waals surface area contributed by atoms with Crippen molar-refractivity contribution in [2.45, 2.75) is 58.1 Å². The minimum atomic E-state index is 0.483. The van der Waals surface area contributed by atoms with Crippen molar-refractivity contribution in [1.82, 2.24) is 0 Å². The molecule has 4 fully saturated rings. The first-order valence-corrected chi connectivity index (χ1v) is 8.75. The second-order valence-corrected chi connectivity index (χ2v) is 8.59. The predicted octanol–water partition coefficient (Wildman–Crippen LogP) is 4.16. The molecule has 1 spiro atoms. The van der Waals surface area contributed by atoms with Crippen LogP contribution >= 0.6 is 11.8 Å². The van der Waals surface area contributed by atoms with Crippen LogP contribution in [0, 0.1) is 28.6 Å². The zero-order valence-electron chi connectivity index (χ0n) is 12.2. The monoisotopic (exact) mass is 266 g/mol. The van der Waals surface area contributed by atoms with Crippen molar-refractivity contribution in [1.29, 1.82) is 0 Å². The van der Waals surface area contributed by atoms with E-state index in [9.17, 15) is 4.79 Å². The molecule has 1 nitrogen and oxygen atoms in total. The van der Waals surface area contributed by atoms with Crippen LogP contribution in [0.2, 0.25) is 0 Å². The lowest BCUT2D eigenvalue weighted by Crippen LogP contribution is -2.62. The van der Waals surface area contributed by atoms with Gasteiger partial charge < -0.3 is 0 Å². The van der Waals surface area contributed by atoms with Crippen LogP contribution in [0.5, 0.6) is 0 Å². The van der Waals surface area contributed by atoms with Crippen LogP contribution in [-0.4, -0.2) is 17.3 Å². The second-order valence-electron chi connectivity index (χ2n) is 7.55. The Morgan fingerprint density at radius 2 is 2.06 bits per heavy atom. The molecule has 0 aromatic rings. The number of carbonyl (C=O) groups is 1. The van der Waals surface area contributed by atoms with Gasteiger partial charge in [-0.3, -0.25) is 4.79 Å². The van der Waals surface area contributed by atoms with Crippen molar-refractivity contribution in [3.8, 4) is 0 Å². The minimum absolute atomic E-state index is 0.483. The lowest BCUT2D eigenvalue weighted by molar-refractivity contribution is -0.177. The van der Waals surface area contributed by atoms with Crippen LogP contribution in [0.15, 0.2) is 0 Å². The SMILES string of the molecule is CSC1CC(=O)CCC12CC1CC(C2C)C1(C)C. The molecule has 4 aliphatic carbocycles. The van der Waals surface area contributed by atoms with Crippen LogP contribution in [0.1, 0.15) is 52.9 Å². The van der Waals surface area contributed by atoms with Gasteiger partial charge in [-0.15, -0.1) is 0 Å². The summed E-state index contributed by atoms with van der Waals surface area (Å²) >= 11 is 1.96. The lowest BCUT2D eigenvalue weighted by atomic mass is 9.38. The lowest BCUT2D eigenvalue weighted by Gasteiger charge is -2.68. The fraction of sp³-hybridized carbons (Fsp3) is 0.938. The number of thioether (sulfide) groups is 1. The summed E-state index contributed by atoms with van der Waals surface area (Å²) in [4.78, 5) is 11.8. The van der Waals surface area contributed by atoms with Crippen LogP contribution in [0.3, 0.4) is 0 Å². The summed E-state index contributed by atoms with van der Waals surface area (Å²) in [5, 5.41) is 0.593. The van der Waals surface area contributed by atoms with E-state index in [1.807, 2.05) is 11.8 Å². The number of rotatable bonds is 1. The highest BCUT2D eigenvalue weighted by Gasteiger charge is 2.63. The smallest absolute Gasteiger partial charge is 0.134 e. The highest BCUT2D eigenvalue weighted by atomic mass is 32.2. The summed E-state index contributed by atoms with van der Waals surface area (Å²) in [6.07, 6.45) is 7.90. The molecule has 4 saturated carbocycles. The molecule has 0 heterocycles. The molecule has 0 saturated heterocycles. The zero-order chi connectivity index (χ0) is 13.1. The highest BCUT2D eigenvalue weighted by Crippen LogP contribution is 2.70. The van der Waals surface area contributed by atoms with Crippen LogP contribution in [0.4, 0.5) is 0 Å². The molecular formula is C16H26OS. The molecule has 0 aliphatic heterocycles. The Bertz CT molecular complexity index is 375. The van der Waals surface area contributed by atoms with E-state index in [-0.39, 0.29) is 0 Å². The molecule has 0 aromatic carbocycles. The number of hydrogen-bond donors (Lipinski definition) is 0. The molecule has 4 rings (SSSR count). The molecule has 0 radical (unpaired) electrons. The molecule has 5 atom stereocenters. The summed E-state index contributed by atoms with van der Waals surface area (Å²) in [7, 11) is 0. The molecule has 18 heavy (non-hydrogen) atoms. The van der Waals surface area contributed by atoms with Gasteiger partial charge in [-0.2, -0.15) is 11.8 Å². The van der Waals surface area contributed by atoms with Crippen LogP contribution in [0.25, 0.3) is 0 Å². The number of hydrogen-bond acceptors (Lipinski definition) is 2. The Hall–Kier alpha value is 0.0200. The summed E-state index contributed by atoms with van der Waals surface area (Å²) in [5.41, 5.74) is 1.05. The van der Waals surface area contributed by atoms with E-state index in [0.29, 0.717) is 21.9 Å². The Morgan fingerprint density at radius 3 is 2.61 bits per heavy atom. The average Bonchev–Trinajstić information content (AvgIpc) is 2.34. The number of Topliss-reactive ketones (excluding diaryl/α,β-unsaturated/α-hetero) is 1. The van der Waals surface area contributed by atoms with E-state index in [1.165, 1.54) is 19.3 Å². The fourth-order valence-electron chi connectivity index (χ4n) is 5.41. The maximum absolute atomic E-state index is 11.8. The van der Waals surface area contributed by atoms with Gasteiger partial charge in [0, 0.05) is 18.1 Å². The predicted molar refractivity (Wildman–Crippen MR) is 77.8 cm³/mol. The maximum Gasteiger partial charge on any atom is 0.134 e. The van der Waals surface area contributed by atoms with Crippen LogP contribution < -0.4 is 0 Å². The summed E-state index contributed by atoms with van der Waals surface area (Å²) in [5.74, 6) is 3.13. The third-order valence-corrected chi connectivity index (χ3v) is 8.10. The van der Waals surface area contributed by atoms with E-state index in [2.05, 4.69) is 27.0 Å². The van der Waals surface area contributed by atoms with Crippen molar-refractivity contribution in [2.24, 2.45) is 28.6 Å². The first-order chi connectivity index (χ1) is 8.41. The van der Waals surface area contributed by atoms with Gasteiger partial charge in [0.1, 0.15) is 5.78 Å². The molecule has 4 aliphatic rings. The van der Waals surface area contributed by atoms with Gasteiger partial charge in [0.15, 0.2) is 0 Å². The summed E-state index contributed by atoms with van der Waals surface area (Å²) < 4.78 is 0. The topological polar surface area (TPSA) is 17.1 Å². The fourth-order valence-corrected chi connectivity index (χ4v) is 6.66. The first kappa shape index (κ1) is 13.0. The molecule has 0 aromatic heterocycles. The van der Waals surface area contributed by atoms with Crippen molar-refractivity contribution >= 4 is 17.5 Å². The number of ketones is 1. The van der Waals surface area contributed by atoms with Gasteiger partial charge in [0.2, 0.25) is 0 Å². The molecule has 2 bridgehead atoms. The summed E-state index contributed by atoms with van der Waals surface area (Å²) in [6, 6.07) is 0. The van der Waals surface area contributed by atoms with Gasteiger partial charge in [-0.05, 0) is 54.1 Å². The normalized spacial score (nSPS) is 50.1. The Morgan fingerprint density at radius 1 is 1.33 bits per heavy atom. The standard InChI is InChI=1S/C16H26OS/c1-10-13-7-11(15(13,2)3)9-16(10)6-5-12(17)8-14(16)18-4/h10-11,13-14H,5-9H2,1-4H3. The van der Waals surface area contributed by atoms with Gasteiger partial charge in [-0.1, -0.05) is 20.8 Å². The van der Waals surface area contributed by atoms with E-state index in [1.54, 1.807) is 0 Å². The minimum Gasteiger partial charge on any atom is -0.300 e. The van der Waals surface area contributed by atoms with Gasteiger partial charge in [-0.25, -0.2) is 0 Å². The Labute approximate surface area is 115 Å². The third-order valence-electron chi connectivity index (χ3n) is 6.89. The Kier molecular flexibility index (Phi) is 2.90. The molecular weight excluding hydrogens is 240 g/mol. The molecule has 102 valence electrons. The van der Waals surface area contributed by atoms with E-state index >= 15 is 0 Å². The quantitative estimate of drug-likeness (QED) is 0.709. The zero-order valence-corrected chi connectivity index (χ0v) is 13.0. The third kappa shape index (κ3) is 1.50. The Balaban J connectivity index is 1.90. The van der Waals surface area contributed by atoms with Gasteiger partial charge in [0.05, 0.1) is 0 Å².